The number of benzene rings is 1. The summed E-state index contributed by atoms with van der Waals surface area (Å²) in [7, 11) is 1.72. The second kappa shape index (κ2) is 5.08. The normalized spacial score (nSPS) is 11.4. The third-order valence-corrected chi connectivity index (χ3v) is 2.74. The first-order valence-electron chi connectivity index (χ1n) is 6.37. The van der Waals surface area contributed by atoms with Crippen LogP contribution in [0.15, 0.2) is 18.2 Å². The molecular formula is C14H17N3O4. The van der Waals surface area contributed by atoms with Crippen LogP contribution in [-0.2, 0) is 11.8 Å². The van der Waals surface area contributed by atoms with Gasteiger partial charge in [0.15, 0.2) is 0 Å². The summed E-state index contributed by atoms with van der Waals surface area (Å²) >= 11 is 0. The Bertz CT molecular complexity index is 713. The van der Waals surface area contributed by atoms with Crippen molar-refractivity contribution in [2.75, 3.05) is 5.32 Å². The highest BCUT2D eigenvalue weighted by Gasteiger charge is 2.18. The number of aryl methyl sites for hydroxylation is 1. The van der Waals surface area contributed by atoms with Crippen LogP contribution in [0.3, 0.4) is 0 Å². The Hall–Kier alpha value is -2.57. The number of rotatable bonds is 2. The smallest absolute Gasteiger partial charge is 0.414 e. The molecule has 0 fully saturated rings. The fourth-order valence-electron chi connectivity index (χ4n) is 1.84. The molecule has 21 heavy (non-hydrogen) atoms. The number of carbonyl (C=O) groups excluding carboxylic acids is 1. The molecule has 0 saturated carbocycles. The Morgan fingerprint density at radius 3 is 2.57 bits per heavy atom. The molecule has 1 heterocycles. The zero-order chi connectivity index (χ0) is 15.8. The van der Waals surface area contributed by atoms with E-state index in [1.807, 2.05) is 0 Å². The first kappa shape index (κ1) is 14.8. The molecule has 0 aliphatic heterocycles. The molecule has 2 rings (SSSR count). The van der Waals surface area contributed by atoms with Crippen molar-refractivity contribution in [3.63, 3.8) is 0 Å². The first-order chi connectivity index (χ1) is 9.67. The van der Waals surface area contributed by atoms with Crippen molar-refractivity contribution in [2.24, 2.45) is 7.05 Å². The van der Waals surface area contributed by atoms with E-state index in [2.05, 4.69) is 10.3 Å². The van der Waals surface area contributed by atoms with E-state index in [4.69, 9.17) is 9.84 Å². The lowest BCUT2D eigenvalue weighted by molar-refractivity contribution is 0.0632. The Kier molecular flexibility index (Phi) is 3.59. The molecule has 112 valence electrons. The molecule has 0 unspecified atom stereocenters. The van der Waals surface area contributed by atoms with Crippen LogP contribution >= 0.6 is 0 Å². The van der Waals surface area contributed by atoms with Gasteiger partial charge in [0.1, 0.15) is 5.60 Å². The standard InChI is InChI=1S/C14H17N3O4/c1-14(2,3)21-13(20)16-12-15-9-7-8(11(18)19)5-6-10(9)17(12)4/h5-7H,1-4H3,(H,18,19)(H,15,16,20). The zero-order valence-electron chi connectivity index (χ0n) is 12.3. The van der Waals surface area contributed by atoms with E-state index >= 15 is 0 Å². The lowest BCUT2D eigenvalue weighted by atomic mass is 10.2. The quantitative estimate of drug-likeness (QED) is 0.887. The summed E-state index contributed by atoms with van der Waals surface area (Å²) in [6, 6.07) is 4.59. The van der Waals surface area contributed by atoms with Gasteiger partial charge >= 0.3 is 12.1 Å². The fourth-order valence-corrected chi connectivity index (χ4v) is 1.84. The Balaban J connectivity index is 2.31. The molecule has 2 N–H and O–H groups in total. The van der Waals surface area contributed by atoms with Crippen LogP contribution in [0.4, 0.5) is 10.7 Å². The molecule has 0 radical (unpaired) electrons. The number of fused-ring (bicyclic) bond motifs is 1. The Morgan fingerprint density at radius 2 is 2.00 bits per heavy atom. The van der Waals surface area contributed by atoms with Gasteiger partial charge in [0.05, 0.1) is 16.6 Å². The van der Waals surface area contributed by atoms with Gasteiger partial charge < -0.3 is 14.4 Å². The number of carboxylic acids is 1. The largest absolute Gasteiger partial charge is 0.478 e. The van der Waals surface area contributed by atoms with Gasteiger partial charge in [-0.25, -0.2) is 14.6 Å². The van der Waals surface area contributed by atoms with Crippen LogP contribution in [0.5, 0.6) is 0 Å². The van der Waals surface area contributed by atoms with Crippen LogP contribution in [0, 0.1) is 0 Å². The minimum absolute atomic E-state index is 0.143. The van der Waals surface area contributed by atoms with E-state index in [0.717, 1.165) is 0 Å². The van der Waals surface area contributed by atoms with Crippen molar-refractivity contribution in [1.29, 1.82) is 0 Å². The maximum Gasteiger partial charge on any atom is 0.414 e. The molecule has 1 amide bonds. The van der Waals surface area contributed by atoms with Crippen molar-refractivity contribution in [2.45, 2.75) is 26.4 Å². The van der Waals surface area contributed by atoms with Gasteiger partial charge in [0.25, 0.3) is 0 Å². The summed E-state index contributed by atoms with van der Waals surface area (Å²) in [4.78, 5) is 26.9. The number of amides is 1. The highest BCUT2D eigenvalue weighted by atomic mass is 16.6. The molecule has 0 atom stereocenters. The van der Waals surface area contributed by atoms with Crippen molar-refractivity contribution >= 4 is 29.0 Å². The van der Waals surface area contributed by atoms with E-state index in [9.17, 15) is 9.59 Å². The van der Waals surface area contributed by atoms with Crippen LogP contribution in [-0.4, -0.2) is 32.3 Å². The summed E-state index contributed by atoms with van der Waals surface area (Å²) in [6.07, 6.45) is -0.612. The summed E-state index contributed by atoms with van der Waals surface area (Å²) in [5, 5.41) is 11.5. The van der Waals surface area contributed by atoms with Gasteiger partial charge in [-0.2, -0.15) is 0 Å². The molecule has 1 aromatic heterocycles. The lowest BCUT2D eigenvalue weighted by Gasteiger charge is -2.19. The van der Waals surface area contributed by atoms with E-state index in [1.54, 1.807) is 38.5 Å². The minimum atomic E-state index is -1.02. The number of ether oxygens (including phenoxy) is 1. The predicted molar refractivity (Wildman–Crippen MR) is 77.5 cm³/mol. The third-order valence-electron chi connectivity index (χ3n) is 2.74. The molecule has 0 aliphatic rings. The molecule has 0 spiro atoms. The molecule has 7 heteroatoms. The number of nitrogens with one attached hydrogen (secondary N) is 1. The maximum absolute atomic E-state index is 11.8. The molecule has 2 aromatic rings. The fraction of sp³-hybridized carbons (Fsp3) is 0.357. The van der Waals surface area contributed by atoms with Crippen LogP contribution in [0.1, 0.15) is 31.1 Å². The Morgan fingerprint density at radius 1 is 1.33 bits per heavy atom. The number of carbonyl (C=O) groups is 2. The number of hydrogen-bond acceptors (Lipinski definition) is 4. The lowest BCUT2D eigenvalue weighted by Crippen LogP contribution is -2.28. The predicted octanol–water partition coefficient (Wildman–Crippen LogP) is 2.62. The SMILES string of the molecule is Cn1c(NC(=O)OC(C)(C)C)nc2cc(C(=O)O)ccc21. The van der Waals surface area contributed by atoms with E-state index in [0.29, 0.717) is 17.0 Å². The molecule has 0 saturated heterocycles. The summed E-state index contributed by atoms with van der Waals surface area (Å²) in [5.74, 6) is -0.731. The first-order valence-corrected chi connectivity index (χ1v) is 6.37. The van der Waals surface area contributed by atoms with Gasteiger partial charge in [0, 0.05) is 7.05 Å². The number of aromatic carboxylic acids is 1. The Labute approximate surface area is 121 Å². The topological polar surface area (TPSA) is 93.5 Å². The minimum Gasteiger partial charge on any atom is -0.478 e. The summed E-state index contributed by atoms with van der Waals surface area (Å²) in [5.41, 5.74) is 0.740. The number of aromatic nitrogens is 2. The summed E-state index contributed by atoms with van der Waals surface area (Å²) < 4.78 is 6.81. The van der Waals surface area contributed by atoms with Gasteiger partial charge in [-0.3, -0.25) is 5.32 Å². The average Bonchev–Trinajstić information content (AvgIpc) is 2.63. The van der Waals surface area contributed by atoms with Gasteiger partial charge in [-0.15, -0.1) is 0 Å². The van der Waals surface area contributed by atoms with E-state index in [1.165, 1.54) is 12.1 Å². The molecule has 0 bridgehead atoms. The van der Waals surface area contributed by atoms with Crippen molar-refractivity contribution in [3.05, 3.63) is 23.8 Å². The van der Waals surface area contributed by atoms with Gasteiger partial charge in [-0.1, -0.05) is 0 Å². The number of imidazole rings is 1. The van der Waals surface area contributed by atoms with E-state index < -0.39 is 17.7 Å². The summed E-state index contributed by atoms with van der Waals surface area (Å²) in [6.45, 7) is 5.29. The molecule has 0 aliphatic carbocycles. The third kappa shape index (κ3) is 3.31. The number of nitrogens with zero attached hydrogens (tertiary/aromatic N) is 2. The molecule has 7 nitrogen and oxygen atoms in total. The monoisotopic (exact) mass is 291 g/mol. The second-order valence-corrected chi connectivity index (χ2v) is 5.63. The highest BCUT2D eigenvalue weighted by Crippen LogP contribution is 2.20. The zero-order valence-corrected chi connectivity index (χ0v) is 12.3. The van der Waals surface area contributed by atoms with Crippen molar-refractivity contribution in [3.8, 4) is 0 Å². The van der Waals surface area contributed by atoms with E-state index in [-0.39, 0.29) is 5.56 Å². The van der Waals surface area contributed by atoms with Gasteiger partial charge in [0.2, 0.25) is 5.95 Å². The molecular weight excluding hydrogens is 274 g/mol. The van der Waals surface area contributed by atoms with Crippen LogP contribution < -0.4 is 5.32 Å². The number of anilines is 1. The van der Waals surface area contributed by atoms with Crippen LogP contribution in [0.2, 0.25) is 0 Å². The number of carboxylic acid groups (broad SMARTS) is 1. The average molecular weight is 291 g/mol. The highest BCUT2D eigenvalue weighted by molar-refractivity contribution is 5.94. The van der Waals surface area contributed by atoms with Crippen LogP contribution in [0.25, 0.3) is 11.0 Å². The maximum atomic E-state index is 11.8. The van der Waals surface area contributed by atoms with Crippen molar-refractivity contribution in [1.82, 2.24) is 9.55 Å². The van der Waals surface area contributed by atoms with Crippen molar-refractivity contribution < 1.29 is 19.4 Å². The van der Waals surface area contributed by atoms with Gasteiger partial charge in [-0.05, 0) is 39.0 Å². The second-order valence-electron chi connectivity index (χ2n) is 5.63. The molecule has 1 aromatic carbocycles. The number of hydrogen-bond donors (Lipinski definition) is 2.